The molecule has 0 fully saturated rings. The number of ketones is 1. The van der Waals surface area contributed by atoms with Gasteiger partial charge in [0.2, 0.25) is 0 Å². The van der Waals surface area contributed by atoms with E-state index in [4.69, 9.17) is 22.1 Å². The summed E-state index contributed by atoms with van der Waals surface area (Å²) in [5.41, 5.74) is 6.55. The SMILES string of the molecule is COc1ccc(C(=O)CCl)cc1N. The van der Waals surface area contributed by atoms with Gasteiger partial charge in [0.25, 0.3) is 0 Å². The van der Waals surface area contributed by atoms with Crippen LogP contribution in [-0.2, 0) is 0 Å². The van der Waals surface area contributed by atoms with Crippen molar-refractivity contribution in [1.29, 1.82) is 0 Å². The number of rotatable bonds is 3. The smallest absolute Gasteiger partial charge is 0.177 e. The summed E-state index contributed by atoms with van der Waals surface area (Å²) in [6.07, 6.45) is 0. The van der Waals surface area contributed by atoms with Crippen molar-refractivity contribution in [3.05, 3.63) is 23.8 Å². The molecule has 1 rings (SSSR count). The van der Waals surface area contributed by atoms with E-state index >= 15 is 0 Å². The number of Topliss-reactive ketones (excluding diaryl/α,β-unsaturated/α-hetero) is 1. The topological polar surface area (TPSA) is 52.3 Å². The molecule has 0 heterocycles. The van der Waals surface area contributed by atoms with Crippen molar-refractivity contribution in [2.75, 3.05) is 18.7 Å². The van der Waals surface area contributed by atoms with E-state index in [9.17, 15) is 4.79 Å². The van der Waals surface area contributed by atoms with E-state index in [1.54, 1.807) is 18.2 Å². The van der Waals surface area contributed by atoms with Crippen LogP contribution in [-0.4, -0.2) is 18.8 Å². The van der Waals surface area contributed by atoms with Crippen LogP contribution in [0.1, 0.15) is 10.4 Å². The molecule has 0 spiro atoms. The van der Waals surface area contributed by atoms with Gasteiger partial charge in [-0.3, -0.25) is 4.79 Å². The molecule has 0 saturated heterocycles. The fourth-order valence-electron chi connectivity index (χ4n) is 0.985. The predicted molar refractivity (Wildman–Crippen MR) is 52.5 cm³/mol. The first kappa shape index (κ1) is 9.86. The highest BCUT2D eigenvalue weighted by Crippen LogP contribution is 2.22. The number of nitrogens with two attached hydrogens (primary N) is 1. The highest BCUT2D eigenvalue weighted by molar-refractivity contribution is 6.30. The fourth-order valence-corrected chi connectivity index (χ4v) is 1.14. The van der Waals surface area contributed by atoms with Crippen LogP contribution in [0.2, 0.25) is 0 Å². The van der Waals surface area contributed by atoms with Gasteiger partial charge in [-0.15, -0.1) is 11.6 Å². The average molecular weight is 200 g/mol. The molecular weight excluding hydrogens is 190 g/mol. The second-order valence-corrected chi connectivity index (χ2v) is 2.78. The summed E-state index contributed by atoms with van der Waals surface area (Å²) in [7, 11) is 1.52. The third-order valence-corrected chi connectivity index (χ3v) is 1.92. The van der Waals surface area contributed by atoms with Crippen molar-refractivity contribution >= 4 is 23.1 Å². The Morgan fingerprint density at radius 2 is 2.31 bits per heavy atom. The molecule has 0 atom stereocenters. The molecule has 3 nitrogen and oxygen atoms in total. The summed E-state index contributed by atoms with van der Waals surface area (Å²) in [5, 5.41) is 0. The van der Waals surface area contributed by atoms with E-state index in [2.05, 4.69) is 0 Å². The Hall–Kier alpha value is -1.22. The van der Waals surface area contributed by atoms with Gasteiger partial charge >= 0.3 is 0 Å². The zero-order valence-corrected chi connectivity index (χ0v) is 7.97. The summed E-state index contributed by atoms with van der Waals surface area (Å²) in [6.45, 7) is 0. The number of ether oxygens (including phenoxy) is 1. The lowest BCUT2D eigenvalue weighted by atomic mass is 10.1. The highest BCUT2D eigenvalue weighted by atomic mass is 35.5. The van der Waals surface area contributed by atoms with Crippen LogP contribution >= 0.6 is 11.6 Å². The number of hydrogen-bond donors (Lipinski definition) is 1. The van der Waals surface area contributed by atoms with E-state index in [-0.39, 0.29) is 11.7 Å². The lowest BCUT2D eigenvalue weighted by Crippen LogP contribution is -2.02. The van der Waals surface area contributed by atoms with Gasteiger partial charge in [0.15, 0.2) is 5.78 Å². The van der Waals surface area contributed by atoms with Crippen molar-refractivity contribution in [3.8, 4) is 5.75 Å². The summed E-state index contributed by atoms with van der Waals surface area (Å²) in [5.74, 6) is 0.383. The standard InChI is InChI=1S/C9H10ClNO2/c1-13-9-3-2-6(4-7(9)11)8(12)5-10/h2-4H,5,11H2,1H3. The van der Waals surface area contributed by atoms with Crippen LogP contribution in [0.15, 0.2) is 18.2 Å². The van der Waals surface area contributed by atoms with Gasteiger partial charge in [-0.1, -0.05) is 0 Å². The molecule has 1 aromatic carbocycles. The first-order valence-electron chi connectivity index (χ1n) is 3.71. The lowest BCUT2D eigenvalue weighted by Gasteiger charge is -2.05. The molecular formula is C9H10ClNO2. The van der Waals surface area contributed by atoms with Gasteiger partial charge in [0, 0.05) is 5.56 Å². The second kappa shape index (κ2) is 4.14. The predicted octanol–water partition coefficient (Wildman–Crippen LogP) is 1.70. The molecule has 0 unspecified atom stereocenters. The number of carbonyl (C=O) groups excluding carboxylic acids is 1. The molecule has 70 valence electrons. The molecule has 0 aliphatic heterocycles. The van der Waals surface area contributed by atoms with Gasteiger partial charge in [-0.2, -0.15) is 0 Å². The summed E-state index contributed by atoms with van der Waals surface area (Å²) < 4.78 is 4.94. The van der Waals surface area contributed by atoms with E-state index in [1.165, 1.54) is 7.11 Å². The van der Waals surface area contributed by atoms with E-state index in [0.717, 1.165) is 0 Å². The molecule has 0 aromatic heterocycles. The normalized spacial score (nSPS) is 9.69. The van der Waals surface area contributed by atoms with Crippen molar-refractivity contribution in [2.45, 2.75) is 0 Å². The molecule has 0 aliphatic rings. The monoisotopic (exact) mass is 199 g/mol. The zero-order valence-electron chi connectivity index (χ0n) is 7.21. The Kier molecular flexibility index (Phi) is 3.14. The Labute approximate surface area is 81.4 Å². The van der Waals surface area contributed by atoms with Gasteiger partial charge in [-0.25, -0.2) is 0 Å². The Morgan fingerprint density at radius 1 is 1.62 bits per heavy atom. The second-order valence-electron chi connectivity index (χ2n) is 2.51. The van der Waals surface area contributed by atoms with Gasteiger partial charge in [0.1, 0.15) is 5.75 Å². The number of halogens is 1. The third kappa shape index (κ3) is 2.12. The number of carbonyl (C=O) groups is 1. The molecule has 0 amide bonds. The minimum Gasteiger partial charge on any atom is -0.495 e. The van der Waals surface area contributed by atoms with Crippen molar-refractivity contribution in [2.24, 2.45) is 0 Å². The fraction of sp³-hybridized carbons (Fsp3) is 0.222. The molecule has 0 radical (unpaired) electrons. The number of methoxy groups -OCH3 is 1. The van der Waals surface area contributed by atoms with Crippen LogP contribution in [0, 0.1) is 0 Å². The first-order chi connectivity index (χ1) is 6.19. The minimum atomic E-state index is -0.143. The molecule has 2 N–H and O–H groups in total. The van der Waals surface area contributed by atoms with Crippen LogP contribution in [0.4, 0.5) is 5.69 Å². The Bertz CT molecular complexity index is 325. The maximum absolute atomic E-state index is 11.1. The number of anilines is 1. The Morgan fingerprint density at radius 3 is 2.77 bits per heavy atom. The number of nitrogen functional groups attached to an aromatic ring is 1. The van der Waals surface area contributed by atoms with E-state index in [0.29, 0.717) is 17.0 Å². The van der Waals surface area contributed by atoms with Gasteiger partial charge in [0.05, 0.1) is 18.7 Å². The molecule has 0 saturated carbocycles. The highest BCUT2D eigenvalue weighted by Gasteiger charge is 2.06. The zero-order chi connectivity index (χ0) is 9.84. The van der Waals surface area contributed by atoms with E-state index < -0.39 is 0 Å². The molecule has 4 heteroatoms. The molecule has 0 bridgehead atoms. The lowest BCUT2D eigenvalue weighted by molar-refractivity contribution is 0.102. The van der Waals surface area contributed by atoms with Gasteiger partial charge < -0.3 is 10.5 Å². The molecule has 1 aromatic rings. The van der Waals surface area contributed by atoms with E-state index in [1.807, 2.05) is 0 Å². The van der Waals surface area contributed by atoms with Crippen LogP contribution in [0.5, 0.6) is 5.75 Å². The third-order valence-electron chi connectivity index (χ3n) is 1.67. The maximum Gasteiger partial charge on any atom is 0.177 e. The maximum atomic E-state index is 11.1. The quantitative estimate of drug-likeness (QED) is 0.458. The molecule has 13 heavy (non-hydrogen) atoms. The Balaban J connectivity index is 3.02. The first-order valence-corrected chi connectivity index (χ1v) is 4.25. The number of benzene rings is 1. The van der Waals surface area contributed by atoms with Crippen molar-refractivity contribution in [3.63, 3.8) is 0 Å². The van der Waals surface area contributed by atoms with Crippen LogP contribution in [0.25, 0.3) is 0 Å². The summed E-state index contributed by atoms with van der Waals surface area (Å²) >= 11 is 5.39. The number of alkyl halides is 1. The number of hydrogen-bond acceptors (Lipinski definition) is 3. The summed E-state index contributed by atoms with van der Waals surface area (Å²) in [4.78, 5) is 11.1. The average Bonchev–Trinajstić information content (AvgIpc) is 2.16. The van der Waals surface area contributed by atoms with Gasteiger partial charge in [-0.05, 0) is 18.2 Å². The largest absolute Gasteiger partial charge is 0.495 e. The summed E-state index contributed by atoms with van der Waals surface area (Å²) in [6, 6.07) is 4.85. The van der Waals surface area contributed by atoms with Crippen LogP contribution < -0.4 is 10.5 Å². The molecule has 0 aliphatic carbocycles. The van der Waals surface area contributed by atoms with Crippen LogP contribution in [0.3, 0.4) is 0 Å². The minimum absolute atomic E-state index is 0.0359. The van der Waals surface area contributed by atoms with Crippen molar-refractivity contribution < 1.29 is 9.53 Å². The van der Waals surface area contributed by atoms with Crippen molar-refractivity contribution in [1.82, 2.24) is 0 Å².